The van der Waals surface area contributed by atoms with E-state index in [2.05, 4.69) is 131 Å². The van der Waals surface area contributed by atoms with Crippen molar-refractivity contribution < 1.29 is 17.6 Å². The number of halogens is 6. The molecule has 2 aliphatic heterocycles. The number of hydrogen-bond donors (Lipinski definition) is 0. The van der Waals surface area contributed by atoms with E-state index in [9.17, 15) is 0 Å². The highest BCUT2D eigenvalue weighted by atomic mass is 35.7. The molecular weight excluding hydrogens is 1090 g/mol. The summed E-state index contributed by atoms with van der Waals surface area (Å²) >= 11 is 17.1. The van der Waals surface area contributed by atoms with Gasteiger partial charge in [0.1, 0.15) is 52.5 Å². The SMILES string of the molecule is C[P+](c1ccccc1F)(c1ccccc1F)N(CCCCCCCCN([P+](Cl)(c1ccccc1F)c1ccccc1F)[P+]1(C)[C@@H](c2ccccc2)CC[C@@H]1c1ccccc1)[P+]1(Cl)[C@H](c2ccccc2)CC[C@H]1c1ccccc1. The molecule has 0 amide bonds. The fourth-order valence-electron chi connectivity index (χ4n) is 13.2. The highest BCUT2D eigenvalue weighted by Gasteiger charge is 2.72. The Hall–Kier alpha value is -4.30. The van der Waals surface area contributed by atoms with E-state index in [0.29, 0.717) is 34.3 Å². The Morgan fingerprint density at radius 1 is 0.385 bits per heavy atom. The molecule has 2 nitrogen and oxygen atoms in total. The van der Waals surface area contributed by atoms with E-state index in [-0.39, 0.29) is 34.3 Å². The molecule has 0 unspecified atom stereocenters. The normalized spacial score (nSPS) is 19.2. The van der Waals surface area contributed by atoms with Crippen LogP contribution in [0.3, 0.4) is 0 Å². The average molecular weight is 1160 g/mol. The summed E-state index contributed by atoms with van der Waals surface area (Å²) in [5.74, 6) is -1.54. The molecule has 8 aromatic carbocycles. The summed E-state index contributed by atoms with van der Waals surface area (Å²) in [7, 11) is -5.54. The van der Waals surface area contributed by atoms with Crippen molar-refractivity contribution in [1.82, 2.24) is 8.88 Å². The summed E-state index contributed by atoms with van der Waals surface area (Å²) < 4.78 is 72.0. The van der Waals surface area contributed by atoms with Crippen LogP contribution in [0, 0.1) is 23.3 Å². The standard InChI is InChI=1S/C66H70Cl2F4N2P4/c1-75(59(51-29-11-7-12-30-51)45-46-60(75)52-31-13-8-14-32-52)73(78(68,65-43-25-21-39-57(65)71)66-44-26-22-40-58(66)72)49-27-5-3-4-6-28-50-74(76(2,63-41-23-19-37-55(63)69)64-42-24-20-38-56(64)70)77(67)61(53-33-15-9-16-34-53)47-48-62(77)54-35-17-10-18-36-54/h7-26,29-44,59-62H,3-6,27-28,45-50H2,1-2H3/q+4/t59-,60-,61+,62+/m1/s1. The van der Waals surface area contributed by atoms with Gasteiger partial charge in [0.15, 0.2) is 51.9 Å². The molecule has 10 rings (SSSR count). The second-order valence-corrected chi connectivity index (χ2v) is 37.8. The fraction of sp³-hybridized carbons (Fsp3) is 0.273. The highest BCUT2D eigenvalue weighted by molar-refractivity contribution is 8.12. The third-order valence-corrected chi connectivity index (χ3v) is 40.2. The smallest absolute Gasteiger partial charge is 0.203 e. The van der Waals surface area contributed by atoms with Crippen molar-refractivity contribution >= 4 is 72.1 Å². The van der Waals surface area contributed by atoms with Crippen LogP contribution in [0.25, 0.3) is 0 Å². The van der Waals surface area contributed by atoms with Crippen molar-refractivity contribution in [3.8, 4) is 0 Å². The van der Waals surface area contributed by atoms with Gasteiger partial charge in [-0.15, -0.1) is 0 Å². The van der Waals surface area contributed by atoms with Gasteiger partial charge in [-0.1, -0.05) is 196 Å². The van der Waals surface area contributed by atoms with Crippen LogP contribution >= 0.6 is 50.8 Å². The second kappa shape index (κ2) is 25.2. The minimum Gasteiger partial charge on any atom is -0.203 e. The molecule has 0 bridgehead atoms. The zero-order chi connectivity index (χ0) is 54.3. The number of hydrogen-bond acceptors (Lipinski definition) is 2. The van der Waals surface area contributed by atoms with Crippen molar-refractivity contribution in [2.75, 3.05) is 26.4 Å². The molecule has 0 saturated carbocycles. The van der Waals surface area contributed by atoms with Gasteiger partial charge in [0.25, 0.3) is 6.77 Å². The minimum atomic E-state index is -3.47. The quantitative estimate of drug-likeness (QED) is 0.0402. The zero-order valence-corrected chi connectivity index (χ0v) is 49.6. The van der Waals surface area contributed by atoms with Gasteiger partial charge in [-0.3, -0.25) is 0 Å². The summed E-state index contributed by atoms with van der Waals surface area (Å²) in [6.07, 6.45) is 8.76. The largest absolute Gasteiger partial charge is 0.289 e. The first kappa shape index (κ1) is 57.0. The Bertz CT molecular complexity index is 2830. The molecular formula is C66H70Cl2F4N2P4+4. The monoisotopic (exact) mass is 1160 g/mol. The number of benzene rings is 8. The molecule has 0 aliphatic carbocycles. The molecule has 2 aliphatic rings. The van der Waals surface area contributed by atoms with Gasteiger partial charge < -0.3 is 0 Å². The lowest BCUT2D eigenvalue weighted by molar-refractivity contribution is 0.533. The number of rotatable bonds is 21. The topological polar surface area (TPSA) is 6.48 Å². The van der Waals surface area contributed by atoms with Gasteiger partial charge in [0.2, 0.25) is 6.77 Å². The van der Waals surface area contributed by atoms with Crippen LogP contribution in [0.2, 0.25) is 0 Å². The molecule has 4 atom stereocenters. The molecule has 0 spiro atoms. The molecule has 402 valence electrons. The lowest BCUT2D eigenvalue weighted by Crippen LogP contribution is -2.39. The summed E-state index contributed by atoms with van der Waals surface area (Å²) in [5, 5.41) is 1.74. The molecule has 2 fully saturated rings. The zero-order valence-electron chi connectivity index (χ0n) is 44.5. The van der Waals surface area contributed by atoms with Crippen LogP contribution in [0.15, 0.2) is 218 Å². The number of unbranched alkanes of at least 4 members (excludes halogenated alkanes) is 5. The number of nitrogens with zero attached hydrogens (tertiary/aromatic N) is 2. The van der Waals surface area contributed by atoms with Crippen LogP contribution in [0.1, 0.15) is 109 Å². The van der Waals surface area contributed by atoms with E-state index in [4.69, 9.17) is 22.5 Å². The van der Waals surface area contributed by atoms with Crippen molar-refractivity contribution in [1.29, 1.82) is 0 Å². The van der Waals surface area contributed by atoms with E-state index in [1.54, 1.807) is 36.4 Å². The van der Waals surface area contributed by atoms with Crippen molar-refractivity contribution in [3.63, 3.8) is 0 Å². The predicted octanol–water partition coefficient (Wildman–Crippen LogP) is 19.6. The lowest BCUT2D eigenvalue weighted by atomic mass is 10.0. The first-order valence-electron chi connectivity index (χ1n) is 27.6. The molecule has 0 N–H and O–H groups in total. The predicted molar refractivity (Wildman–Crippen MR) is 332 cm³/mol. The van der Waals surface area contributed by atoms with E-state index >= 15 is 17.6 Å². The molecule has 2 saturated heterocycles. The van der Waals surface area contributed by atoms with Gasteiger partial charge in [0.05, 0.1) is 26.4 Å². The molecule has 0 aromatic heterocycles. The Balaban J connectivity index is 0.975. The Kier molecular flexibility index (Phi) is 18.4. The molecule has 12 heteroatoms. The van der Waals surface area contributed by atoms with E-state index < -0.39 is 40.0 Å². The summed E-state index contributed by atoms with van der Waals surface area (Å²) in [6, 6.07) is 69.9. The summed E-state index contributed by atoms with van der Waals surface area (Å²) in [5.41, 5.74) is 5.02. The first-order valence-corrected chi connectivity index (χ1v) is 37.5. The van der Waals surface area contributed by atoms with Crippen molar-refractivity contribution in [3.05, 3.63) is 264 Å². The van der Waals surface area contributed by atoms with Crippen molar-refractivity contribution in [2.24, 2.45) is 0 Å². The van der Waals surface area contributed by atoms with Gasteiger partial charge in [-0.25, -0.2) is 17.6 Å². The van der Waals surface area contributed by atoms with E-state index in [0.717, 1.165) is 64.2 Å². The van der Waals surface area contributed by atoms with Crippen LogP contribution in [0.5, 0.6) is 0 Å². The summed E-state index contributed by atoms with van der Waals surface area (Å²) in [4.78, 5) is 0. The van der Waals surface area contributed by atoms with Gasteiger partial charge in [-0.2, -0.15) is 0 Å². The third kappa shape index (κ3) is 11.0. The van der Waals surface area contributed by atoms with Crippen LogP contribution in [-0.2, 0) is 0 Å². The highest BCUT2D eigenvalue weighted by Crippen LogP contribution is 2.95. The first-order chi connectivity index (χ1) is 37.9. The lowest BCUT2D eigenvalue weighted by Gasteiger charge is -2.41. The average Bonchev–Trinajstić information content (AvgIpc) is 4.16. The maximum Gasteiger partial charge on any atom is 0.289 e. The summed E-state index contributed by atoms with van der Waals surface area (Å²) in [6.45, 7) is -0.672. The minimum absolute atomic E-state index is 0.0236. The Morgan fingerprint density at radius 2 is 0.654 bits per heavy atom. The molecule has 2 heterocycles. The second-order valence-electron chi connectivity index (χ2n) is 21.2. The fourth-order valence-corrected chi connectivity index (χ4v) is 39.0. The van der Waals surface area contributed by atoms with E-state index in [1.807, 2.05) is 48.5 Å². The Morgan fingerprint density at radius 3 is 1.00 bits per heavy atom. The third-order valence-electron chi connectivity index (χ3n) is 16.9. The van der Waals surface area contributed by atoms with Gasteiger partial charge >= 0.3 is 0 Å². The van der Waals surface area contributed by atoms with Crippen LogP contribution in [0.4, 0.5) is 17.6 Å². The Labute approximate surface area is 472 Å². The van der Waals surface area contributed by atoms with Gasteiger partial charge in [-0.05, 0) is 118 Å². The maximum absolute atomic E-state index is 16.8. The molecule has 78 heavy (non-hydrogen) atoms. The van der Waals surface area contributed by atoms with Crippen LogP contribution in [-0.4, -0.2) is 35.3 Å². The van der Waals surface area contributed by atoms with E-state index in [1.165, 1.54) is 46.5 Å². The van der Waals surface area contributed by atoms with Gasteiger partial charge in [0, 0.05) is 0 Å². The van der Waals surface area contributed by atoms with Crippen LogP contribution < -0.4 is 21.2 Å². The van der Waals surface area contributed by atoms with Crippen molar-refractivity contribution in [2.45, 2.75) is 86.8 Å². The molecule has 8 aromatic rings. The maximum atomic E-state index is 16.8. The molecule has 0 radical (unpaired) electrons.